The molecule has 0 radical (unpaired) electrons. The van der Waals surface area contributed by atoms with Crippen molar-refractivity contribution in [3.8, 4) is 0 Å². The number of hydrogen-bond acceptors (Lipinski definition) is 2. The molecule has 1 amide bonds. The van der Waals surface area contributed by atoms with Gasteiger partial charge in [-0.2, -0.15) is 0 Å². The average molecular weight is 324 g/mol. The minimum absolute atomic E-state index is 0.236. The number of rotatable bonds is 3. The molecule has 0 saturated carbocycles. The largest absolute Gasteiger partial charge is 0.322 e. The van der Waals surface area contributed by atoms with Gasteiger partial charge in [-0.05, 0) is 36.2 Å². The molecule has 1 N–H and O–H groups in total. The maximum Gasteiger partial charge on any atom is 0.257 e. The van der Waals surface area contributed by atoms with Crippen LogP contribution in [0.5, 0.6) is 0 Å². The van der Waals surface area contributed by atoms with Crippen molar-refractivity contribution in [3.63, 3.8) is 0 Å². The van der Waals surface area contributed by atoms with E-state index in [0.29, 0.717) is 16.6 Å². The lowest BCUT2D eigenvalue weighted by molar-refractivity contribution is 0.0941. The fraction of sp³-hybridized carbons (Fsp3) is 0.158. The fourth-order valence-electron chi connectivity index (χ4n) is 2.78. The third-order valence-corrected chi connectivity index (χ3v) is 4.00. The van der Waals surface area contributed by atoms with Crippen molar-refractivity contribution in [1.82, 2.24) is 4.57 Å². The van der Waals surface area contributed by atoms with Crippen LogP contribution in [0.3, 0.4) is 0 Å². The van der Waals surface area contributed by atoms with Crippen LogP contribution >= 0.6 is 0 Å². The molecule has 0 saturated heterocycles. The molecule has 0 unspecified atom stereocenters. The summed E-state index contributed by atoms with van der Waals surface area (Å²) in [6.45, 7) is 3.40. The van der Waals surface area contributed by atoms with Crippen LogP contribution in [0.4, 0.5) is 10.1 Å². The summed E-state index contributed by atoms with van der Waals surface area (Å²) in [4.78, 5) is 24.5. The summed E-state index contributed by atoms with van der Waals surface area (Å²) < 4.78 is 15.0. The van der Waals surface area contributed by atoms with Crippen molar-refractivity contribution in [2.75, 3.05) is 5.32 Å². The smallest absolute Gasteiger partial charge is 0.257 e. The van der Waals surface area contributed by atoms with E-state index < -0.39 is 5.82 Å². The van der Waals surface area contributed by atoms with Crippen LogP contribution in [0.2, 0.25) is 0 Å². The van der Waals surface area contributed by atoms with Gasteiger partial charge in [-0.1, -0.05) is 25.1 Å². The Balaban J connectivity index is 2.07. The highest BCUT2D eigenvalue weighted by atomic mass is 19.1. The number of carbonyl (C=O) groups is 2. The molecule has 122 valence electrons. The number of para-hydroxylation sites is 1. The molecule has 1 heterocycles. The predicted octanol–water partition coefficient (Wildman–Crippen LogP) is 4.26. The normalized spacial score (nSPS) is 10.8. The minimum atomic E-state index is -0.452. The topological polar surface area (TPSA) is 51.1 Å². The van der Waals surface area contributed by atoms with E-state index in [1.54, 1.807) is 0 Å². The van der Waals surface area contributed by atoms with Crippen LogP contribution in [-0.2, 0) is 6.42 Å². The van der Waals surface area contributed by atoms with Crippen LogP contribution in [0.15, 0.2) is 48.7 Å². The highest BCUT2D eigenvalue weighted by Crippen LogP contribution is 2.24. The number of fused-ring (bicyclic) bond motifs is 1. The third kappa shape index (κ3) is 2.80. The van der Waals surface area contributed by atoms with Gasteiger partial charge in [0.25, 0.3) is 5.91 Å². The molecule has 24 heavy (non-hydrogen) atoms. The van der Waals surface area contributed by atoms with Gasteiger partial charge in [0, 0.05) is 24.2 Å². The highest BCUT2D eigenvalue weighted by molar-refractivity contribution is 6.14. The average Bonchev–Trinajstić information content (AvgIpc) is 2.94. The SMILES string of the molecule is CCc1ccccc1NC(=O)c1cn(C(C)=O)c2ccc(F)cc12. The summed E-state index contributed by atoms with van der Waals surface area (Å²) in [6.07, 6.45) is 2.23. The fourth-order valence-corrected chi connectivity index (χ4v) is 2.78. The van der Waals surface area contributed by atoms with Gasteiger partial charge in [0.1, 0.15) is 5.82 Å². The van der Waals surface area contributed by atoms with E-state index >= 15 is 0 Å². The van der Waals surface area contributed by atoms with Crippen LogP contribution < -0.4 is 5.32 Å². The summed E-state index contributed by atoms with van der Waals surface area (Å²) in [5.74, 6) is -1.06. The monoisotopic (exact) mass is 324 g/mol. The van der Waals surface area contributed by atoms with Gasteiger partial charge in [0.15, 0.2) is 0 Å². The maximum absolute atomic E-state index is 13.6. The van der Waals surface area contributed by atoms with Gasteiger partial charge in [0.2, 0.25) is 5.91 Å². The van der Waals surface area contributed by atoms with Crippen molar-refractivity contribution >= 4 is 28.4 Å². The molecule has 3 aromatic rings. The Kier molecular flexibility index (Phi) is 4.16. The minimum Gasteiger partial charge on any atom is -0.322 e. The Hall–Kier alpha value is -2.95. The predicted molar refractivity (Wildman–Crippen MR) is 92.0 cm³/mol. The van der Waals surface area contributed by atoms with Crippen molar-refractivity contribution in [2.24, 2.45) is 0 Å². The van der Waals surface area contributed by atoms with E-state index in [-0.39, 0.29) is 17.4 Å². The Morgan fingerprint density at radius 2 is 1.92 bits per heavy atom. The molecule has 4 nitrogen and oxygen atoms in total. The summed E-state index contributed by atoms with van der Waals surface area (Å²) in [5, 5.41) is 3.27. The lowest BCUT2D eigenvalue weighted by Crippen LogP contribution is -2.13. The van der Waals surface area contributed by atoms with Gasteiger partial charge in [-0.15, -0.1) is 0 Å². The number of aryl methyl sites for hydroxylation is 1. The Bertz CT molecular complexity index is 944. The lowest BCUT2D eigenvalue weighted by Gasteiger charge is -2.09. The number of halogens is 1. The van der Waals surface area contributed by atoms with E-state index in [0.717, 1.165) is 12.0 Å². The van der Waals surface area contributed by atoms with Crippen LogP contribution in [0, 0.1) is 5.82 Å². The molecular weight excluding hydrogens is 307 g/mol. The second-order valence-corrected chi connectivity index (χ2v) is 5.56. The van der Waals surface area contributed by atoms with Crippen molar-refractivity contribution in [1.29, 1.82) is 0 Å². The van der Waals surface area contributed by atoms with E-state index in [1.165, 1.54) is 35.9 Å². The first-order valence-corrected chi connectivity index (χ1v) is 7.72. The van der Waals surface area contributed by atoms with E-state index in [4.69, 9.17) is 0 Å². The zero-order valence-corrected chi connectivity index (χ0v) is 13.5. The van der Waals surface area contributed by atoms with Gasteiger partial charge in [-0.25, -0.2) is 4.39 Å². The van der Waals surface area contributed by atoms with Crippen LogP contribution in [0.1, 0.15) is 34.6 Å². The number of nitrogens with zero attached hydrogens (tertiary/aromatic N) is 1. The summed E-state index contributed by atoms with van der Waals surface area (Å²) in [5.41, 5.74) is 2.50. The maximum atomic E-state index is 13.6. The number of nitrogens with one attached hydrogen (secondary N) is 1. The highest BCUT2D eigenvalue weighted by Gasteiger charge is 2.18. The van der Waals surface area contributed by atoms with Crippen molar-refractivity contribution in [2.45, 2.75) is 20.3 Å². The number of hydrogen-bond donors (Lipinski definition) is 1. The molecule has 0 fully saturated rings. The molecule has 0 bridgehead atoms. The second-order valence-electron chi connectivity index (χ2n) is 5.56. The number of amides is 1. The molecule has 0 aliphatic rings. The molecule has 0 atom stereocenters. The third-order valence-electron chi connectivity index (χ3n) is 4.00. The Morgan fingerprint density at radius 3 is 2.62 bits per heavy atom. The molecular formula is C19H17FN2O2. The summed E-state index contributed by atoms with van der Waals surface area (Å²) >= 11 is 0. The molecule has 0 aliphatic carbocycles. The number of aromatic nitrogens is 1. The molecule has 1 aromatic heterocycles. The van der Waals surface area contributed by atoms with Gasteiger partial charge >= 0.3 is 0 Å². The molecule has 3 rings (SSSR count). The van der Waals surface area contributed by atoms with Crippen LogP contribution in [-0.4, -0.2) is 16.4 Å². The first-order valence-electron chi connectivity index (χ1n) is 7.72. The standard InChI is InChI=1S/C19H17FN2O2/c1-3-13-6-4-5-7-17(13)21-19(24)16-11-22(12(2)23)18-9-8-14(20)10-15(16)18/h4-11H,3H2,1-2H3,(H,21,24). The number of carbonyl (C=O) groups excluding carboxylic acids is 2. The molecule has 5 heteroatoms. The quantitative estimate of drug-likeness (QED) is 0.783. The number of benzene rings is 2. The second kappa shape index (κ2) is 6.28. The van der Waals surface area contributed by atoms with Crippen LogP contribution in [0.25, 0.3) is 10.9 Å². The Morgan fingerprint density at radius 1 is 1.17 bits per heavy atom. The summed E-state index contributed by atoms with van der Waals surface area (Å²) in [7, 11) is 0. The lowest BCUT2D eigenvalue weighted by atomic mass is 10.1. The van der Waals surface area contributed by atoms with E-state index in [9.17, 15) is 14.0 Å². The molecule has 0 spiro atoms. The molecule has 2 aromatic carbocycles. The zero-order valence-electron chi connectivity index (χ0n) is 13.5. The van der Waals surface area contributed by atoms with Gasteiger partial charge < -0.3 is 5.32 Å². The summed E-state index contributed by atoms with van der Waals surface area (Å²) in [6, 6.07) is 11.6. The van der Waals surface area contributed by atoms with E-state index in [1.807, 2.05) is 31.2 Å². The first kappa shape index (κ1) is 15.9. The van der Waals surface area contributed by atoms with E-state index in [2.05, 4.69) is 5.32 Å². The van der Waals surface area contributed by atoms with Crippen molar-refractivity contribution in [3.05, 3.63) is 65.6 Å². The zero-order chi connectivity index (χ0) is 17.3. The van der Waals surface area contributed by atoms with Gasteiger partial charge in [-0.3, -0.25) is 14.2 Å². The number of anilines is 1. The van der Waals surface area contributed by atoms with Crippen molar-refractivity contribution < 1.29 is 14.0 Å². The molecule has 0 aliphatic heterocycles. The first-order chi connectivity index (χ1) is 11.5. The Labute approximate surface area is 138 Å². The van der Waals surface area contributed by atoms with Gasteiger partial charge in [0.05, 0.1) is 11.1 Å².